The molecule has 1 atom stereocenters. The lowest BCUT2D eigenvalue weighted by Gasteiger charge is -2.19. The van der Waals surface area contributed by atoms with Gasteiger partial charge in [0.05, 0.1) is 16.0 Å². The number of aromatic hydroxyl groups is 1. The number of halogens is 1. The molecule has 0 spiro atoms. The number of nitrogens with two attached hydrogens (primary N) is 1. The maximum Gasteiger partial charge on any atom is 0.239 e. The second-order valence-electron chi connectivity index (χ2n) is 6.55. The lowest BCUT2D eigenvalue weighted by atomic mass is 10.0. The summed E-state index contributed by atoms with van der Waals surface area (Å²) in [5.74, 6) is -1.50. The van der Waals surface area contributed by atoms with Crippen LogP contribution >= 0.6 is 11.3 Å². The zero-order valence-corrected chi connectivity index (χ0v) is 15.5. The van der Waals surface area contributed by atoms with Gasteiger partial charge in [0, 0.05) is 11.6 Å². The van der Waals surface area contributed by atoms with Crippen molar-refractivity contribution < 1.29 is 14.3 Å². The summed E-state index contributed by atoms with van der Waals surface area (Å²) in [4.78, 5) is 19.7. The normalized spacial score (nSPS) is 12.3. The number of anilines is 1. The zero-order chi connectivity index (χ0) is 19.7. The topological polar surface area (TPSA) is 128 Å². The van der Waals surface area contributed by atoms with Crippen LogP contribution in [0.3, 0.4) is 0 Å². The molecule has 3 heterocycles. The first kappa shape index (κ1) is 18.7. The number of H-pyrrole nitrogens is 1. The number of nitriles is 1. The number of nitrogens with zero attached hydrogens (tertiary/aromatic N) is 2. The molecule has 0 aromatic carbocycles. The number of aromatic nitrogens is 2. The smallest absolute Gasteiger partial charge is 0.239 e. The number of hydrogen-bond acceptors (Lipinski definition) is 6. The molecular weight excluding hydrogens is 369 g/mol. The largest absolute Gasteiger partial charge is 0.494 e. The summed E-state index contributed by atoms with van der Waals surface area (Å²) in [6.07, 6.45) is 1.75. The SMILES string of the molecule is CC(C)C[C@@H](Nc1nc(-c2ccc(C#N)s2)c2c(O)[nH]cc2c1F)C(N)=O. The minimum Gasteiger partial charge on any atom is -0.494 e. The summed E-state index contributed by atoms with van der Waals surface area (Å²) < 4.78 is 15.0. The molecule has 0 saturated carbocycles. The van der Waals surface area contributed by atoms with Crippen molar-refractivity contribution in [3.05, 3.63) is 29.0 Å². The molecule has 140 valence electrons. The highest BCUT2D eigenvalue weighted by atomic mass is 32.1. The van der Waals surface area contributed by atoms with E-state index in [-0.39, 0.29) is 28.4 Å². The van der Waals surface area contributed by atoms with Crippen LogP contribution in [-0.4, -0.2) is 27.0 Å². The Kier molecular flexibility index (Phi) is 5.01. The van der Waals surface area contributed by atoms with Gasteiger partial charge in [0.25, 0.3) is 0 Å². The fourth-order valence-corrected chi connectivity index (χ4v) is 3.65. The standard InChI is InChI=1S/C18H18FN5O2S/c1-8(2)5-11(16(21)25)23-17-14(19)10-7-22-18(26)13(10)15(24-17)12-4-3-9(6-20)27-12/h3-4,7-8,11,22-23,26H,5H2,1-2H3,(H2,21,25)/t11-/m1/s1. The Morgan fingerprint density at radius 1 is 1.52 bits per heavy atom. The molecule has 0 aliphatic heterocycles. The van der Waals surface area contributed by atoms with Crippen molar-refractivity contribution in [2.45, 2.75) is 26.3 Å². The summed E-state index contributed by atoms with van der Waals surface area (Å²) in [7, 11) is 0. The van der Waals surface area contributed by atoms with E-state index in [0.717, 1.165) is 0 Å². The predicted octanol–water partition coefficient (Wildman–Crippen LogP) is 3.32. The maximum absolute atomic E-state index is 15.0. The van der Waals surface area contributed by atoms with E-state index in [1.54, 1.807) is 12.1 Å². The first-order valence-electron chi connectivity index (χ1n) is 8.27. The number of hydrogen-bond donors (Lipinski definition) is 4. The Balaban J connectivity index is 2.15. The molecule has 27 heavy (non-hydrogen) atoms. The number of fused-ring (bicyclic) bond motifs is 1. The van der Waals surface area contributed by atoms with E-state index in [4.69, 9.17) is 11.0 Å². The van der Waals surface area contributed by atoms with Crippen molar-refractivity contribution >= 4 is 33.8 Å². The molecular formula is C18H18FN5O2S. The molecule has 3 rings (SSSR count). The third-order valence-corrected chi connectivity index (χ3v) is 5.07. The second kappa shape index (κ2) is 7.25. The fraction of sp³-hybridized carbons (Fsp3) is 0.278. The van der Waals surface area contributed by atoms with Crippen molar-refractivity contribution in [2.24, 2.45) is 11.7 Å². The summed E-state index contributed by atoms with van der Waals surface area (Å²) in [6.45, 7) is 3.85. The minimum atomic E-state index is -0.789. The Morgan fingerprint density at radius 2 is 2.26 bits per heavy atom. The van der Waals surface area contributed by atoms with E-state index in [1.807, 2.05) is 19.9 Å². The molecule has 5 N–H and O–H groups in total. The number of thiophene rings is 1. The van der Waals surface area contributed by atoms with E-state index >= 15 is 0 Å². The number of nitrogens with one attached hydrogen (secondary N) is 2. The highest BCUT2D eigenvalue weighted by molar-refractivity contribution is 7.16. The molecule has 3 aromatic heterocycles. The highest BCUT2D eigenvalue weighted by Gasteiger charge is 2.24. The van der Waals surface area contributed by atoms with E-state index in [1.165, 1.54) is 17.5 Å². The van der Waals surface area contributed by atoms with Crippen molar-refractivity contribution in [3.8, 4) is 22.5 Å². The van der Waals surface area contributed by atoms with Gasteiger partial charge in [-0.15, -0.1) is 11.3 Å². The van der Waals surface area contributed by atoms with Crippen LogP contribution < -0.4 is 11.1 Å². The number of carbonyl (C=O) groups excluding carboxylic acids is 1. The zero-order valence-electron chi connectivity index (χ0n) is 14.7. The van der Waals surface area contributed by atoms with Gasteiger partial charge in [0.1, 0.15) is 17.0 Å². The van der Waals surface area contributed by atoms with Crippen LogP contribution in [0.25, 0.3) is 21.3 Å². The van der Waals surface area contributed by atoms with Gasteiger partial charge < -0.3 is 21.1 Å². The average molecular weight is 387 g/mol. The Hall–Kier alpha value is -3.12. The monoisotopic (exact) mass is 387 g/mol. The van der Waals surface area contributed by atoms with Crippen molar-refractivity contribution in [3.63, 3.8) is 0 Å². The number of primary amides is 1. The van der Waals surface area contributed by atoms with Gasteiger partial charge in [0.2, 0.25) is 5.91 Å². The number of aromatic amines is 1. The number of pyridine rings is 1. The van der Waals surface area contributed by atoms with Crippen LogP contribution in [-0.2, 0) is 4.79 Å². The maximum atomic E-state index is 15.0. The minimum absolute atomic E-state index is 0.125. The van der Waals surface area contributed by atoms with Crippen LogP contribution in [0, 0.1) is 23.1 Å². The number of carbonyl (C=O) groups is 1. The molecule has 9 heteroatoms. The van der Waals surface area contributed by atoms with Crippen LogP contribution in [0.15, 0.2) is 18.3 Å². The van der Waals surface area contributed by atoms with Crippen molar-refractivity contribution in [1.82, 2.24) is 9.97 Å². The average Bonchev–Trinajstić information content (AvgIpc) is 3.23. The summed E-state index contributed by atoms with van der Waals surface area (Å²) in [5, 5.41) is 22.3. The summed E-state index contributed by atoms with van der Waals surface area (Å²) >= 11 is 1.17. The van der Waals surface area contributed by atoms with Gasteiger partial charge in [-0.3, -0.25) is 4.79 Å². The molecule has 0 radical (unpaired) electrons. The molecule has 0 aliphatic carbocycles. The lowest BCUT2D eigenvalue weighted by Crippen LogP contribution is -2.37. The molecule has 3 aromatic rings. The van der Waals surface area contributed by atoms with Gasteiger partial charge in [-0.1, -0.05) is 13.8 Å². The van der Waals surface area contributed by atoms with Crippen LogP contribution in [0.1, 0.15) is 25.1 Å². The Morgan fingerprint density at radius 3 is 2.85 bits per heavy atom. The van der Waals surface area contributed by atoms with Crippen LogP contribution in [0.2, 0.25) is 0 Å². The quantitative estimate of drug-likeness (QED) is 0.516. The summed E-state index contributed by atoms with van der Waals surface area (Å²) in [6, 6.07) is 4.55. The van der Waals surface area contributed by atoms with E-state index in [9.17, 15) is 14.3 Å². The first-order valence-corrected chi connectivity index (χ1v) is 9.09. The van der Waals surface area contributed by atoms with Gasteiger partial charge >= 0.3 is 0 Å². The van der Waals surface area contributed by atoms with E-state index in [2.05, 4.69) is 15.3 Å². The van der Waals surface area contributed by atoms with Crippen molar-refractivity contribution in [2.75, 3.05) is 5.32 Å². The summed E-state index contributed by atoms with van der Waals surface area (Å²) in [5.41, 5.74) is 5.75. The third kappa shape index (κ3) is 3.57. The molecule has 0 saturated heterocycles. The second-order valence-corrected chi connectivity index (χ2v) is 7.64. The van der Waals surface area contributed by atoms with Crippen LogP contribution in [0.5, 0.6) is 5.88 Å². The molecule has 1 amide bonds. The fourth-order valence-electron chi connectivity index (χ4n) is 2.85. The van der Waals surface area contributed by atoms with Crippen LogP contribution in [0.4, 0.5) is 10.2 Å². The molecule has 0 aliphatic rings. The number of amides is 1. The van der Waals surface area contributed by atoms with Gasteiger partial charge in [0.15, 0.2) is 17.5 Å². The van der Waals surface area contributed by atoms with E-state index in [0.29, 0.717) is 21.9 Å². The molecule has 0 bridgehead atoms. The van der Waals surface area contributed by atoms with Gasteiger partial charge in [-0.05, 0) is 24.5 Å². The van der Waals surface area contributed by atoms with Gasteiger partial charge in [-0.2, -0.15) is 5.26 Å². The van der Waals surface area contributed by atoms with Crippen molar-refractivity contribution in [1.29, 1.82) is 5.26 Å². The highest BCUT2D eigenvalue weighted by Crippen LogP contribution is 2.39. The Labute approximate surface area is 158 Å². The first-order chi connectivity index (χ1) is 12.8. The molecule has 7 nitrogen and oxygen atoms in total. The molecule has 0 fully saturated rings. The van der Waals surface area contributed by atoms with Gasteiger partial charge in [-0.25, -0.2) is 9.37 Å². The molecule has 0 unspecified atom stereocenters. The van der Waals surface area contributed by atoms with E-state index < -0.39 is 17.8 Å². The lowest BCUT2D eigenvalue weighted by molar-refractivity contribution is -0.119. The Bertz CT molecular complexity index is 1050. The number of rotatable bonds is 6. The predicted molar refractivity (Wildman–Crippen MR) is 102 cm³/mol. The third-order valence-electron chi connectivity index (χ3n) is 4.08.